The van der Waals surface area contributed by atoms with E-state index in [1.54, 1.807) is 24.4 Å². The van der Waals surface area contributed by atoms with Crippen LogP contribution in [0.25, 0.3) is 5.57 Å². The quantitative estimate of drug-likeness (QED) is 0.742. The Morgan fingerprint density at radius 1 is 1.10 bits per heavy atom. The number of carbonyl (C=O) groups is 1. The number of allylic oxidation sites excluding steroid dienone is 1. The monoisotopic (exact) mass is 393 g/mol. The van der Waals surface area contributed by atoms with Gasteiger partial charge < -0.3 is 20.3 Å². The van der Waals surface area contributed by atoms with Crippen LogP contribution >= 0.6 is 0 Å². The molecule has 4 rings (SSSR count). The highest BCUT2D eigenvalue weighted by Crippen LogP contribution is 2.27. The van der Waals surface area contributed by atoms with Gasteiger partial charge in [0, 0.05) is 30.5 Å². The summed E-state index contributed by atoms with van der Waals surface area (Å²) in [5.41, 5.74) is 3.32. The molecule has 0 radical (unpaired) electrons. The van der Waals surface area contributed by atoms with E-state index in [1.165, 1.54) is 19.3 Å². The number of rotatable bonds is 4. The Balaban J connectivity index is 1.49. The molecule has 6 heteroatoms. The average molecular weight is 393 g/mol. The van der Waals surface area contributed by atoms with Gasteiger partial charge in [-0.15, -0.1) is 0 Å². The number of H-pyrrole nitrogens is 1. The Hall–Kier alpha value is -2.86. The van der Waals surface area contributed by atoms with Gasteiger partial charge in [-0.05, 0) is 80.0 Å². The van der Waals surface area contributed by atoms with Gasteiger partial charge in [0.1, 0.15) is 5.69 Å². The number of hydrogen-bond acceptors (Lipinski definition) is 4. The highest BCUT2D eigenvalue weighted by molar-refractivity contribution is 6.04. The van der Waals surface area contributed by atoms with Crippen LogP contribution < -0.4 is 15.8 Å². The highest BCUT2D eigenvalue weighted by atomic mass is 16.3. The lowest BCUT2D eigenvalue weighted by Crippen LogP contribution is -2.29. The Labute approximate surface area is 170 Å². The zero-order valence-corrected chi connectivity index (χ0v) is 16.5. The van der Waals surface area contributed by atoms with Gasteiger partial charge in [-0.2, -0.15) is 0 Å². The Morgan fingerprint density at radius 3 is 2.59 bits per heavy atom. The molecule has 2 aromatic rings. The van der Waals surface area contributed by atoms with Gasteiger partial charge in [0.2, 0.25) is 0 Å². The van der Waals surface area contributed by atoms with Crippen LogP contribution in [0, 0.1) is 0 Å². The van der Waals surface area contributed by atoms with E-state index in [0.29, 0.717) is 5.56 Å². The van der Waals surface area contributed by atoms with Crippen molar-refractivity contribution in [1.82, 2.24) is 4.98 Å². The van der Waals surface area contributed by atoms with Gasteiger partial charge in [-0.1, -0.05) is 6.08 Å². The average Bonchev–Trinajstić information content (AvgIpc) is 2.76. The maximum Gasteiger partial charge on any atom is 0.271 e. The summed E-state index contributed by atoms with van der Waals surface area (Å²) in [7, 11) is 0. The van der Waals surface area contributed by atoms with Gasteiger partial charge in [0.05, 0.1) is 6.10 Å². The number of aliphatic hydroxyl groups excluding tert-OH is 1. The Morgan fingerprint density at radius 2 is 1.86 bits per heavy atom. The molecule has 2 aliphatic rings. The summed E-state index contributed by atoms with van der Waals surface area (Å²) in [4.78, 5) is 29.9. The molecule has 1 unspecified atom stereocenters. The number of nitrogens with zero attached hydrogens (tertiary/aromatic N) is 1. The lowest BCUT2D eigenvalue weighted by molar-refractivity contribution is 0.102. The molecule has 1 saturated heterocycles. The predicted molar refractivity (Wildman–Crippen MR) is 115 cm³/mol. The standard InChI is InChI=1S/C23H27N3O3/c27-20-6-4-5-17(13-20)18-14-21(23(29)24-15-18)25-22(28)16-7-9-19(10-8-16)26-11-2-1-3-12-26/h7-10,13-15,20,27H,1-6,11-12H2,(H,24,29)(H,25,28). The van der Waals surface area contributed by atoms with E-state index in [1.807, 2.05) is 18.2 Å². The molecule has 3 N–H and O–H groups in total. The number of pyridine rings is 1. The van der Waals surface area contributed by atoms with Crippen LogP contribution in [0.4, 0.5) is 11.4 Å². The number of amides is 1. The zero-order chi connectivity index (χ0) is 20.2. The maximum absolute atomic E-state index is 12.7. The second kappa shape index (κ2) is 8.66. The van der Waals surface area contributed by atoms with Crippen LogP contribution in [0.1, 0.15) is 54.4 Å². The topological polar surface area (TPSA) is 85.4 Å². The van der Waals surface area contributed by atoms with Crippen molar-refractivity contribution in [3.05, 3.63) is 64.1 Å². The van der Waals surface area contributed by atoms with Crippen molar-refractivity contribution >= 4 is 22.9 Å². The molecule has 1 aromatic carbocycles. The van der Waals surface area contributed by atoms with Crippen molar-refractivity contribution in [3.63, 3.8) is 0 Å². The summed E-state index contributed by atoms with van der Waals surface area (Å²) in [6.45, 7) is 2.11. The fraction of sp³-hybridized carbons (Fsp3) is 0.391. The number of aromatic amines is 1. The molecule has 1 aliphatic heterocycles. The lowest BCUT2D eigenvalue weighted by Gasteiger charge is -2.28. The van der Waals surface area contributed by atoms with Crippen molar-refractivity contribution in [2.45, 2.75) is 44.6 Å². The van der Waals surface area contributed by atoms with E-state index in [9.17, 15) is 14.7 Å². The molecule has 0 saturated carbocycles. The molecule has 152 valence electrons. The summed E-state index contributed by atoms with van der Waals surface area (Å²) in [5.74, 6) is -0.310. The Kier molecular flexibility index (Phi) is 5.81. The van der Waals surface area contributed by atoms with Crippen LogP contribution in [0.2, 0.25) is 0 Å². The summed E-state index contributed by atoms with van der Waals surface area (Å²) >= 11 is 0. The smallest absolute Gasteiger partial charge is 0.271 e. The minimum Gasteiger partial charge on any atom is -0.389 e. The molecule has 0 spiro atoms. The summed E-state index contributed by atoms with van der Waals surface area (Å²) in [5, 5.41) is 12.6. The minimum absolute atomic E-state index is 0.216. The first kappa shape index (κ1) is 19.5. The molecule has 1 atom stereocenters. The van der Waals surface area contributed by atoms with Crippen molar-refractivity contribution < 1.29 is 9.90 Å². The van der Waals surface area contributed by atoms with Crippen LogP contribution in [0.3, 0.4) is 0 Å². The van der Waals surface area contributed by atoms with E-state index in [4.69, 9.17) is 0 Å². The first-order chi connectivity index (χ1) is 14.1. The Bertz CT molecular complexity index is 956. The molecule has 2 heterocycles. The highest BCUT2D eigenvalue weighted by Gasteiger charge is 2.16. The molecule has 1 amide bonds. The molecule has 6 nitrogen and oxygen atoms in total. The molecular formula is C23H27N3O3. The van der Waals surface area contributed by atoms with Crippen LogP contribution in [0.5, 0.6) is 0 Å². The second-order valence-electron chi connectivity index (χ2n) is 7.83. The normalized spacial score (nSPS) is 19.6. The van der Waals surface area contributed by atoms with Crippen LogP contribution in [-0.2, 0) is 0 Å². The van der Waals surface area contributed by atoms with E-state index in [2.05, 4.69) is 15.2 Å². The number of piperidine rings is 1. The summed E-state index contributed by atoms with van der Waals surface area (Å²) in [6, 6.07) is 9.22. The number of nitrogens with one attached hydrogen (secondary N) is 2. The molecule has 0 bridgehead atoms. The van der Waals surface area contributed by atoms with E-state index in [0.717, 1.165) is 49.2 Å². The van der Waals surface area contributed by atoms with Gasteiger partial charge in [-0.25, -0.2) is 0 Å². The number of carbonyl (C=O) groups excluding carboxylic acids is 1. The lowest BCUT2D eigenvalue weighted by atomic mass is 9.93. The second-order valence-corrected chi connectivity index (χ2v) is 7.83. The van der Waals surface area contributed by atoms with Gasteiger partial charge in [0.15, 0.2) is 0 Å². The number of aromatic nitrogens is 1. The van der Waals surface area contributed by atoms with Gasteiger partial charge in [0.25, 0.3) is 11.5 Å². The summed E-state index contributed by atoms with van der Waals surface area (Å²) < 4.78 is 0. The number of hydrogen-bond donors (Lipinski definition) is 3. The fourth-order valence-electron chi connectivity index (χ4n) is 4.07. The molecule has 29 heavy (non-hydrogen) atoms. The van der Waals surface area contributed by atoms with Crippen LogP contribution in [0.15, 0.2) is 47.4 Å². The molecule has 1 aromatic heterocycles. The third-order valence-corrected chi connectivity index (χ3v) is 5.71. The van der Waals surface area contributed by atoms with Crippen molar-refractivity contribution in [2.75, 3.05) is 23.3 Å². The minimum atomic E-state index is -0.456. The van der Waals surface area contributed by atoms with Crippen molar-refractivity contribution in [2.24, 2.45) is 0 Å². The number of aliphatic hydroxyl groups is 1. The predicted octanol–water partition coefficient (Wildman–Crippen LogP) is 3.55. The van der Waals surface area contributed by atoms with E-state index in [-0.39, 0.29) is 17.2 Å². The maximum atomic E-state index is 12.7. The molecule has 1 fully saturated rings. The van der Waals surface area contributed by atoms with E-state index < -0.39 is 6.10 Å². The number of benzene rings is 1. The van der Waals surface area contributed by atoms with Gasteiger partial charge in [-0.3, -0.25) is 9.59 Å². The largest absolute Gasteiger partial charge is 0.389 e. The third kappa shape index (κ3) is 4.59. The fourth-order valence-corrected chi connectivity index (χ4v) is 4.07. The first-order valence-corrected chi connectivity index (χ1v) is 10.4. The third-order valence-electron chi connectivity index (χ3n) is 5.71. The molecular weight excluding hydrogens is 366 g/mol. The zero-order valence-electron chi connectivity index (χ0n) is 16.5. The SMILES string of the molecule is O=C(Nc1cc(C2=CC(O)CCC2)c[nH]c1=O)c1ccc(N2CCCCC2)cc1. The van der Waals surface area contributed by atoms with Crippen LogP contribution in [-0.4, -0.2) is 35.2 Å². The summed E-state index contributed by atoms with van der Waals surface area (Å²) in [6.07, 6.45) is 9.18. The number of anilines is 2. The van der Waals surface area contributed by atoms with Gasteiger partial charge >= 0.3 is 0 Å². The molecule has 1 aliphatic carbocycles. The van der Waals surface area contributed by atoms with E-state index >= 15 is 0 Å². The van der Waals surface area contributed by atoms with Crippen molar-refractivity contribution in [3.8, 4) is 0 Å². The van der Waals surface area contributed by atoms with Crippen molar-refractivity contribution in [1.29, 1.82) is 0 Å². The first-order valence-electron chi connectivity index (χ1n) is 10.4.